The van der Waals surface area contributed by atoms with Crippen LogP contribution in [0.15, 0.2) is 59.7 Å². The van der Waals surface area contributed by atoms with Crippen molar-refractivity contribution in [2.45, 2.75) is 19.0 Å². The third kappa shape index (κ3) is 5.25. The second kappa shape index (κ2) is 7.58. The van der Waals surface area contributed by atoms with Crippen LogP contribution >= 0.6 is 0 Å². The van der Waals surface area contributed by atoms with E-state index in [1.807, 2.05) is 30.3 Å². The van der Waals surface area contributed by atoms with Gasteiger partial charge >= 0.3 is 6.18 Å². The molecule has 1 N–H and O–H groups in total. The maximum Gasteiger partial charge on any atom is 0.417 e. The molecule has 0 aromatic heterocycles. The summed E-state index contributed by atoms with van der Waals surface area (Å²) in [6.07, 6.45) is -2.70. The first kappa shape index (κ1) is 16.7. The Morgan fingerprint density at radius 2 is 1.70 bits per heavy atom. The van der Waals surface area contributed by atoms with Crippen LogP contribution < -0.4 is 5.43 Å². The van der Waals surface area contributed by atoms with Crippen LogP contribution in [0.1, 0.15) is 23.1 Å². The lowest BCUT2D eigenvalue weighted by Crippen LogP contribution is -2.18. The summed E-state index contributed by atoms with van der Waals surface area (Å²) >= 11 is 0. The number of benzene rings is 2. The van der Waals surface area contributed by atoms with Crippen molar-refractivity contribution in [2.75, 3.05) is 0 Å². The highest BCUT2D eigenvalue weighted by atomic mass is 19.4. The van der Waals surface area contributed by atoms with E-state index in [1.165, 1.54) is 18.2 Å². The number of hydrogen-bond donors (Lipinski definition) is 1. The minimum Gasteiger partial charge on any atom is -0.273 e. The quantitative estimate of drug-likeness (QED) is 0.661. The Kier molecular flexibility index (Phi) is 5.51. The molecular formula is C17H15F3N2O. The predicted molar refractivity (Wildman–Crippen MR) is 81.9 cm³/mol. The molecule has 0 fully saturated rings. The largest absolute Gasteiger partial charge is 0.417 e. The van der Waals surface area contributed by atoms with Crippen molar-refractivity contribution in [3.05, 3.63) is 71.3 Å². The van der Waals surface area contributed by atoms with Gasteiger partial charge in [-0.1, -0.05) is 48.5 Å². The average Bonchev–Trinajstić information content (AvgIpc) is 2.53. The van der Waals surface area contributed by atoms with E-state index in [4.69, 9.17) is 0 Å². The maximum absolute atomic E-state index is 12.8. The number of nitrogens with one attached hydrogen (secondary N) is 1. The Hall–Kier alpha value is -2.63. The van der Waals surface area contributed by atoms with E-state index in [0.717, 1.165) is 17.8 Å². The van der Waals surface area contributed by atoms with Gasteiger partial charge in [-0.3, -0.25) is 4.79 Å². The zero-order valence-corrected chi connectivity index (χ0v) is 12.2. The molecule has 0 aliphatic heterocycles. The molecule has 120 valence electrons. The van der Waals surface area contributed by atoms with E-state index in [9.17, 15) is 18.0 Å². The summed E-state index contributed by atoms with van der Waals surface area (Å²) in [5.74, 6) is -0.352. The topological polar surface area (TPSA) is 41.5 Å². The molecule has 2 rings (SSSR count). The minimum atomic E-state index is -4.46. The Labute approximate surface area is 131 Å². The third-order valence-electron chi connectivity index (χ3n) is 3.14. The molecule has 2 aromatic carbocycles. The van der Waals surface area contributed by atoms with Crippen LogP contribution in [-0.2, 0) is 17.4 Å². The molecule has 0 heterocycles. The molecule has 0 unspecified atom stereocenters. The minimum absolute atomic E-state index is 0.0941. The van der Waals surface area contributed by atoms with Gasteiger partial charge in [-0.2, -0.15) is 18.3 Å². The smallest absolute Gasteiger partial charge is 0.273 e. The first-order chi connectivity index (χ1) is 11.0. The highest BCUT2D eigenvalue weighted by Crippen LogP contribution is 2.30. The van der Waals surface area contributed by atoms with E-state index in [-0.39, 0.29) is 17.9 Å². The average molecular weight is 320 g/mol. The van der Waals surface area contributed by atoms with Gasteiger partial charge in [0.15, 0.2) is 0 Å². The van der Waals surface area contributed by atoms with Crippen LogP contribution in [-0.4, -0.2) is 12.1 Å². The molecule has 0 spiro atoms. The van der Waals surface area contributed by atoms with Gasteiger partial charge in [0.2, 0.25) is 5.91 Å². The molecule has 0 saturated heterocycles. The summed E-state index contributed by atoms with van der Waals surface area (Å²) < 4.78 is 38.4. The highest BCUT2D eigenvalue weighted by molar-refractivity contribution is 5.84. The Balaban J connectivity index is 1.91. The molecule has 23 heavy (non-hydrogen) atoms. The van der Waals surface area contributed by atoms with Gasteiger partial charge in [0.1, 0.15) is 0 Å². The summed E-state index contributed by atoms with van der Waals surface area (Å²) in [7, 11) is 0. The van der Waals surface area contributed by atoms with Crippen molar-refractivity contribution in [3.8, 4) is 0 Å². The fourth-order valence-corrected chi connectivity index (χ4v) is 2.00. The van der Waals surface area contributed by atoms with Crippen molar-refractivity contribution in [3.63, 3.8) is 0 Å². The number of carbonyl (C=O) groups excluding carboxylic acids is 1. The molecule has 6 heteroatoms. The Morgan fingerprint density at radius 3 is 2.39 bits per heavy atom. The third-order valence-corrected chi connectivity index (χ3v) is 3.14. The van der Waals surface area contributed by atoms with Crippen molar-refractivity contribution in [2.24, 2.45) is 5.10 Å². The second-order valence-corrected chi connectivity index (χ2v) is 4.86. The van der Waals surface area contributed by atoms with Crippen LogP contribution in [0.5, 0.6) is 0 Å². The Bertz CT molecular complexity index is 682. The van der Waals surface area contributed by atoms with Crippen molar-refractivity contribution < 1.29 is 18.0 Å². The summed E-state index contributed by atoms with van der Waals surface area (Å²) in [6, 6.07) is 14.5. The lowest BCUT2D eigenvalue weighted by molar-refractivity contribution is -0.137. The normalized spacial score (nSPS) is 11.6. The van der Waals surface area contributed by atoms with E-state index in [0.29, 0.717) is 6.42 Å². The van der Waals surface area contributed by atoms with Crippen LogP contribution in [0.25, 0.3) is 0 Å². The molecule has 0 radical (unpaired) electrons. The molecular weight excluding hydrogens is 305 g/mol. The number of hydrazone groups is 1. The number of rotatable bonds is 5. The molecule has 1 amide bonds. The van der Waals surface area contributed by atoms with Gasteiger partial charge in [0.05, 0.1) is 11.8 Å². The van der Waals surface area contributed by atoms with Crippen LogP contribution in [0.2, 0.25) is 0 Å². The van der Waals surface area contributed by atoms with Crippen LogP contribution in [0.3, 0.4) is 0 Å². The zero-order chi connectivity index (χ0) is 16.7. The Morgan fingerprint density at radius 1 is 1.04 bits per heavy atom. The molecule has 0 aliphatic rings. The number of carbonyl (C=O) groups is 1. The summed E-state index contributed by atoms with van der Waals surface area (Å²) in [4.78, 5) is 11.6. The van der Waals surface area contributed by atoms with Gasteiger partial charge in [-0.15, -0.1) is 0 Å². The molecule has 0 atom stereocenters. The summed E-state index contributed by atoms with van der Waals surface area (Å²) in [5, 5.41) is 3.60. The SMILES string of the molecule is O=C(CCc1ccccc1)NN=Cc1ccccc1C(F)(F)F. The van der Waals surface area contributed by atoms with Crippen LogP contribution in [0.4, 0.5) is 13.2 Å². The van der Waals surface area contributed by atoms with Crippen molar-refractivity contribution in [1.29, 1.82) is 0 Å². The number of halogens is 3. The second-order valence-electron chi connectivity index (χ2n) is 4.86. The van der Waals surface area contributed by atoms with E-state index < -0.39 is 11.7 Å². The number of nitrogens with zero attached hydrogens (tertiary/aromatic N) is 1. The number of amides is 1. The van der Waals surface area contributed by atoms with Gasteiger partial charge in [0.25, 0.3) is 0 Å². The molecule has 0 saturated carbocycles. The van der Waals surface area contributed by atoms with Gasteiger partial charge < -0.3 is 0 Å². The van der Waals surface area contributed by atoms with E-state index in [1.54, 1.807) is 0 Å². The highest BCUT2D eigenvalue weighted by Gasteiger charge is 2.32. The van der Waals surface area contributed by atoms with Crippen LogP contribution in [0, 0.1) is 0 Å². The van der Waals surface area contributed by atoms with E-state index >= 15 is 0 Å². The van der Waals surface area contributed by atoms with Gasteiger partial charge in [-0.05, 0) is 18.1 Å². The maximum atomic E-state index is 12.8. The lowest BCUT2D eigenvalue weighted by Gasteiger charge is -2.09. The predicted octanol–water partition coefficient (Wildman–Crippen LogP) is 3.79. The summed E-state index contributed by atoms with van der Waals surface area (Å²) in [5.41, 5.74) is 2.37. The van der Waals surface area contributed by atoms with Gasteiger partial charge in [0, 0.05) is 12.0 Å². The fraction of sp³-hybridized carbons (Fsp3) is 0.176. The molecule has 0 aliphatic carbocycles. The lowest BCUT2D eigenvalue weighted by atomic mass is 10.1. The molecule has 3 nitrogen and oxygen atoms in total. The van der Waals surface area contributed by atoms with Gasteiger partial charge in [-0.25, -0.2) is 5.43 Å². The fourth-order valence-electron chi connectivity index (χ4n) is 2.00. The molecule has 0 bridgehead atoms. The number of aryl methyl sites for hydroxylation is 1. The van der Waals surface area contributed by atoms with E-state index in [2.05, 4.69) is 10.5 Å². The first-order valence-corrected chi connectivity index (χ1v) is 6.99. The standard InChI is InChI=1S/C17H15F3N2O/c18-17(19,20)15-9-5-4-8-14(15)12-21-22-16(23)11-10-13-6-2-1-3-7-13/h1-9,12H,10-11H2,(H,22,23). The number of hydrogen-bond acceptors (Lipinski definition) is 2. The zero-order valence-electron chi connectivity index (χ0n) is 12.2. The summed E-state index contributed by atoms with van der Waals surface area (Å²) in [6.45, 7) is 0. The van der Waals surface area contributed by atoms with Crippen molar-refractivity contribution in [1.82, 2.24) is 5.43 Å². The number of alkyl halides is 3. The first-order valence-electron chi connectivity index (χ1n) is 6.99. The monoisotopic (exact) mass is 320 g/mol. The van der Waals surface area contributed by atoms with Crippen molar-refractivity contribution >= 4 is 12.1 Å². The molecule has 2 aromatic rings.